The van der Waals surface area contributed by atoms with Gasteiger partial charge >= 0.3 is 36.2 Å². The molecule has 0 unspecified atom stereocenters. The zero-order chi connectivity index (χ0) is 33.3. The van der Waals surface area contributed by atoms with Gasteiger partial charge in [0.25, 0.3) is 0 Å². The third kappa shape index (κ3) is 11.7. The van der Waals surface area contributed by atoms with Crippen LogP contribution in [0.3, 0.4) is 0 Å². The van der Waals surface area contributed by atoms with E-state index in [4.69, 9.17) is 28.4 Å². The lowest BCUT2D eigenvalue weighted by atomic mass is 10.2. The monoisotopic (exact) mass is 634 g/mol. The summed E-state index contributed by atoms with van der Waals surface area (Å²) in [6, 6.07) is 16.6. The first-order valence-electron chi connectivity index (χ1n) is 13.2. The van der Waals surface area contributed by atoms with Crippen LogP contribution in [-0.2, 0) is 28.5 Å². The molecule has 0 spiro atoms. The Hall–Kier alpha value is -6.44. The third-order valence-corrected chi connectivity index (χ3v) is 5.26. The second-order valence-corrected chi connectivity index (χ2v) is 8.44. The first-order valence-corrected chi connectivity index (χ1v) is 13.2. The standard InChI is InChI=1S/C32H26O14/c1-3-27(33)39-17-19-41-31(37)45-25-9-5-21(6-10-25)29(35)43-23-13-15-24(16-14-23)44-30(36)22-7-11-26(12-8-22)46-32(38)42-20-18-40-28(34)4-2/h3-16H,1-2,17-20H2. The van der Waals surface area contributed by atoms with E-state index in [-0.39, 0.29) is 60.6 Å². The van der Waals surface area contributed by atoms with Gasteiger partial charge in [-0.2, -0.15) is 0 Å². The maximum atomic E-state index is 12.5. The lowest BCUT2D eigenvalue weighted by Crippen LogP contribution is -2.16. The maximum Gasteiger partial charge on any atom is 0.513 e. The summed E-state index contributed by atoms with van der Waals surface area (Å²) < 4.78 is 39.4. The van der Waals surface area contributed by atoms with Gasteiger partial charge < -0.3 is 37.9 Å². The van der Waals surface area contributed by atoms with Crippen LogP contribution in [0.1, 0.15) is 20.7 Å². The summed E-state index contributed by atoms with van der Waals surface area (Å²) in [5, 5.41) is 0. The molecule has 0 saturated carbocycles. The van der Waals surface area contributed by atoms with Gasteiger partial charge in [-0.05, 0) is 72.8 Å². The zero-order valence-corrected chi connectivity index (χ0v) is 24.0. The molecule has 0 bridgehead atoms. The highest BCUT2D eigenvalue weighted by atomic mass is 16.7. The van der Waals surface area contributed by atoms with E-state index >= 15 is 0 Å². The largest absolute Gasteiger partial charge is 0.513 e. The summed E-state index contributed by atoms with van der Waals surface area (Å²) in [5.74, 6) is -2.19. The van der Waals surface area contributed by atoms with E-state index in [1.54, 1.807) is 0 Å². The number of carbonyl (C=O) groups is 6. The first-order chi connectivity index (χ1) is 22.2. The summed E-state index contributed by atoms with van der Waals surface area (Å²) in [4.78, 5) is 70.3. The van der Waals surface area contributed by atoms with Crippen molar-refractivity contribution in [1.29, 1.82) is 0 Å². The molecule has 0 atom stereocenters. The minimum atomic E-state index is -1.03. The minimum Gasteiger partial charge on any atom is -0.459 e. The summed E-state index contributed by atoms with van der Waals surface area (Å²) in [6.45, 7) is 5.70. The average molecular weight is 635 g/mol. The molecule has 0 heterocycles. The molecule has 0 radical (unpaired) electrons. The molecule has 46 heavy (non-hydrogen) atoms. The molecule has 0 fully saturated rings. The molecule has 0 saturated heterocycles. The molecular formula is C32H26O14. The minimum absolute atomic E-state index is 0.0983. The number of carbonyl (C=O) groups excluding carboxylic acids is 6. The van der Waals surface area contributed by atoms with Gasteiger partial charge in [0, 0.05) is 12.2 Å². The molecule has 0 aliphatic rings. The van der Waals surface area contributed by atoms with Crippen LogP contribution in [0.4, 0.5) is 9.59 Å². The summed E-state index contributed by atoms with van der Waals surface area (Å²) in [7, 11) is 0. The van der Waals surface area contributed by atoms with Crippen LogP contribution in [0.25, 0.3) is 0 Å². The molecule has 0 aliphatic heterocycles. The molecule has 0 amide bonds. The average Bonchev–Trinajstić information content (AvgIpc) is 3.06. The van der Waals surface area contributed by atoms with E-state index in [9.17, 15) is 28.8 Å². The van der Waals surface area contributed by atoms with Crippen molar-refractivity contribution in [3.8, 4) is 23.0 Å². The van der Waals surface area contributed by atoms with Crippen LogP contribution < -0.4 is 18.9 Å². The number of esters is 4. The molecule has 0 aliphatic carbocycles. The number of hydrogen-bond donors (Lipinski definition) is 0. The molecule has 0 N–H and O–H groups in total. The van der Waals surface area contributed by atoms with Gasteiger partial charge in [0.05, 0.1) is 11.1 Å². The number of ether oxygens (including phenoxy) is 8. The molecule has 14 nitrogen and oxygen atoms in total. The first kappa shape index (κ1) is 34.1. The van der Waals surface area contributed by atoms with Crippen LogP contribution in [0.15, 0.2) is 98.1 Å². The fourth-order valence-electron chi connectivity index (χ4n) is 3.13. The lowest BCUT2D eigenvalue weighted by molar-refractivity contribution is -0.139. The van der Waals surface area contributed by atoms with Gasteiger partial charge in [0.1, 0.15) is 49.4 Å². The van der Waals surface area contributed by atoms with Crippen molar-refractivity contribution < 1.29 is 66.7 Å². The lowest BCUT2D eigenvalue weighted by Gasteiger charge is -2.09. The fraction of sp³-hybridized carbons (Fsp3) is 0.125. The van der Waals surface area contributed by atoms with Gasteiger partial charge in [0.2, 0.25) is 0 Å². The van der Waals surface area contributed by atoms with Gasteiger partial charge in [-0.25, -0.2) is 28.8 Å². The third-order valence-electron chi connectivity index (χ3n) is 5.26. The highest BCUT2D eigenvalue weighted by molar-refractivity contribution is 5.92. The molecule has 3 aromatic carbocycles. The fourth-order valence-corrected chi connectivity index (χ4v) is 3.13. The SMILES string of the molecule is C=CC(=O)OCCOC(=O)Oc1ccc(C(=O)Oc2ccc(OC(=O)c3ccc(OC(=O)OCCOC(=O)C=C)cc3)cc2)cc1. The molecule has 3 aromatic rings. The number of rotatable bonds is 14. The van der Waals surface area contributed by atoms with Gasteiger partial charge in [-0.1, -0.05) is 13.2 Å². The highest BCUT2D eigenvalue weighted by Crippen LogP contribution is 2.21. The molecule has 238 valence electrons. The van der Waals surface area contributed by atoms with Crippen molar-refractivity contribution >= 4 is 36.2 Å². The zero-order valence-electron chi connectivity index (χ0n) is 24.0. The Morgan fingerprint density at radius 1 is 0.435 bits per heavy atom. The van der Waals surface area contributed by atoms with Gasteiger partial charge in [-0.3, -0.25) is 0 Å². The maximum absolute atomic E-state index is 12.5. The Morgan fingerprint density at radius 3 is 1.04 bits per heavy atom. The van der Waals surface area contributed by atoms with E-state index in [1.165, 1.54) is 72.8 Å². The summed E-state index contributed by atoms with van der Waals surface area (Å²) >= 11 is 0. The number of benzene rings is 3. The van der Waals surface area contributed by atoms with Gasteiger partial charge in [-0.15, -0.1) is 0 Å². The summed E-state index contributed by atoms with van der Waals surface area (Å²) in [6.07, 6.45) is -0.113. The predicted octanol–water partition coefficient (Wildman–Crippen LogP) is 4.61. The number of hydrogen-bond acceptors (Lipinski definition) is 14. The van der Waals surface area contributed by atoms with Crippen molar-refractivity contribution in [3.63, 3.8) is 0 Å². The smallest absolute Gasteiger partial charge is 0.459 e. The predicted molar refractivity (Wildman–Crippen MR) is 156 cm³/mol. The highest BCUT2D eigenvalue weighted by Gasteiger charge is 2.14. The second kappa shape index (κ2) is 17.6. The van der Waals surface area contributed by atoms with Crippen molar-refractivity contribution in [1.82, 2.24) is 0 Å². The van der Waals surface area contributed by atoms with Crippen LogP contribution in [0.5, 0.6) is 23.0 Å². The molecule has 3 rings (SSSR count). The van der Waals surface area contributed by atoms with E-state index in [2.05, 4.69) is 22.6 Å². The van der Waals surface area contributed by atoms with E-state index in [0.717, 1.165) is 12.2 Å². The summed E-state index contributed by atoms with van der Waals surface area (Å²) in [5.41, 5.74) is 0.310. The van der Waals surface area contributed by atoms with E-state index in [0.29, 0.717) is 0 Å². The van der Waals surface area contributed by atoms with Crippen LogP contribution in [0, 0.1) is 0 Å². The molecular weight excluding hydrogens is 608 g/mol. The Labute approximate surface area is 261 Å². The normalized spacial score (nSPS) is 9.91. The van der Waals surface area contributed by atoms with Crippen molar-refractivity contribution in [2.45, 2.75) is 0 Å². The van der Waals surface area contributed by atoms with Crippen LogP contribution >= 0.6 is 0 Å². The van der Waals surface area contributed by atoms with Crippen molar-refractivity contribution in [2.24, 2.45) is 0 Å². The van der Waals surface area contributed by atoms with E-state index < -0.39 is 36.2 Å². The van der Waals surface area contributed by atoms with Crippen molar-refractivity contribution in [3.05, 3.63) is 109 Å². The quantitative estimate of drug-likeness (QED) is 0.0599. The Kier molecular flexibility index (Phi) is 13.0. The Morgan fingerprint density at radius 2 is 0.717 bits per heavy atom. The van der Waals surface area contributed by atoms with E-state index in [1.807, 2.05) is 0 Å². The van der Waals surface area contributed by atoms with Crippen LogP contribution in [-0.4, -0.2) is 62.6 Å². The Bertz CT molecular complexity index is 1440. The Balaban J connectivity index is 1.42. The van der Waals surface area contributed by atoms with Gasteiger partial charge in [0.15, 0.2) is 0 Å². The second-order valence-electron chi connectivity index (χ2n) is 8.44. The van der Waals surface area contributed by atoms with Crippen molar-refractivity contribution in [2.75, 3.05) is 26.4 Å². The molecule has 14 heteroatoms. The molecule has 0 aromatic heterocycles. The van der Waals surface area contributed by atoms with Crippen LogP contribution in [0.2, 0.25) is 0 Å². The topological polar surface area (TPSA) is 176 Å².